The Kier molecular flexibility index (Phi) is 3.95. The Hall–Kier alpha value is -1.63. The van der Waals surface area contributed by atoms with Crippen LogP contribution in [0, 0.1) is 17.8 Å². The van der Waals surface area contributed by atoms with Crippen molar-refractivity contribution in [2.45, 2.75) is 19.9 Å². The van der Waals surface area contributed by atoms with Gasteiger partial charge in [0.1, 0.15) is 5.41 Å². The van der Waals surface area contributed by atoms with Crippen LogP contribution in [0.5, 0.6) is 0 Å². The van der Waals surface area contributed by atoms with Gasteiger partial charge in [-0.1, -0.05) is 0 Å². The number of rotatable bonds is 4. The van der Waals surface area contributed by atoms with Crippen molar-refractivity contribution in [2.75, 3.05) is 13.1 Å². The van der Waals surface area contributed by atoms with Gasteiger partial charge < -0.3 is 17.2 Å². The molecule has 1 aliphatic heterocycles. The molecule has 0 saturated carbocycles. The first-order valence-corrected chi connectivity index (χ1v) is 5.70. The SMILES string of the molecule is CC(C)N1CC(C(N)=O)[CH]C(C(N)=O)(C(N)=O)C1. The topological polar surface area (TPSA) is 133 Å². The summed E-state index contributed by atoms with van der Waals surface area (Å²) >= 11 is 0. The molecule has 7 heteroatoms. The normalized spacial score (nSPS) is 23.8. The third-order valence-corrected chi connectivity index (χ3v) is 3.34. The zero-order chi connectivity index (χ0) is 14.1. The van der Waals surface area contributed by atoms with E-state index in [0.717, 1.165) is 0 Å². The molecule has 7 nitrogen and oxygen atoms in total. The second-order valence-corrected chi connectivity index (χ2v) is 4.90. The number of amides is 3. The van der Waals surface area contributed by atoms with Crippen LogP contribution in [0.4, 0.5) is 0 Å². The summed E-state index contributed by atoms with van der Waals surface area (Å²) in [6.07, 6.45) is 1.29. The number of hydrogen-bond acceptors (Lipinski definition) is 4. The standard InChI is InChI=1S/C11H19N4O3/c1-6(2)15-4-7(8(12)16)3-11(5-15,9(13)17)10(14)18/h3,6-7H,4-5H2,1-2H3,(H2,12,16)(H2,13,17)(H2,14,18). The summed E-state index contributed by atoms with van der Waals surface area (Å²) in [6, 6.07) is 0.0404. The maximum absolute atomic E-state index is 11.6. The Bertz CT molecular complexity index is 366. The molecule has 0 spiro atoms. The molecule has 1 rings (SSSR count). The molecule has 1 aliphatic rings. The van der Waals surface area contributed by atoms with Gasteiger partial charge in [0, 0.05) is 25.6 Å². The molecule has 101 valence electrons. The second-order valence-electron chi connectivity index (χ2n) is 4.90. The molecule has 3 amide bonds. The number of carbonyl (C=O) groups excluding carboxylic acids is 3. The maximum atomic E-state index is 11.6. The van der Waals surface area contributed by atoms with Gasteiger partial charge in [0.15, 0.2) is 0 Å². The molecule has 1 unspecified atom stereocenters. The lowest BCUT2D eigenvalue weighted by atomic mass is 9.73. The average Bonchev–Trinajstić information content (AvgIpc) is 2.27. The van der Waals surface area contributed by atoms with Crippen molar-refractivity contribution in [2.24, 2.45) is 28.5 Å². The molecule has 1 saturated heterocycles. The van der Waals surface area contributed by atoms with Crippen LogP contribution < -0.4 is 17.2 Å². The van der Waals surface area contributed by atoms with Gasteiger partial charge in [-0.15, -0.1) is 0 Å². The summed E-state index contributed by atoms with van der Waals surface area (Å²) < 4.78 is 0. The van der Waals surface area contributed by atoms with E-state index >= 15 is 0 Å². The van der Waals surface area contributed by atoms with Gasteiger partial charge in [-0.05, 0) is 13.8 Å². The summed E-state index contributed by atoms with van der Waals surface area (Å²) in [5.74, 6) is -3.04. The molecule has 0 aliphatic carbocycles. The van der Waals surface area contributed by atoms with E-state index in [0.29, 0.717) is 6.54 Å². The molecule has 1 heterocycles. The Morgan fingerprint density at radius 1 is 1.22 bits per heavy atom. The first-order valence-electron chi connectivity index (χ1n) is 5.70. The molecular formula is C11H19N4O3. The number of hydrogen-bond donors (Lipinski definition) is 3. The van der Waals surface area contributed by atoms with Gasteiger partial charge in [0.25, 0.3) is 0 Å². The monoisotopic (exact) mass is 255 g/mol. The largest absolute Gasteiger partial charge is 0.369 e. The highest BCUT2D eigenvalue weighted by Crippen LogP contribution is 2.32. The van der Waals surface area contributed by atoms with Crippen LogP contribution in [0.15, 0.2) is 0 Å². The van der Waals surface area contributed by atoms with E-state index < -0.39 is 29.1 Å². The predicted octanol–water partition coefficient (Wildman–Crippen LogP) is -2.03. The van der Waals surface area contributed by atoms with Crippen molar-refractivity contribution in [3.8, 4) is 0 Å². The molecular weight excluding hydrogens is 236 g/mol. The number of nitrogens with two attached hydrogens (primary N) is 3. The number of primary amides is 3. The van der Waals surface area contributed by atoms with Gasteiger partial charge in [-0.3, -0.25) is 19.3 Å². The van der Waals surface area contributed by atoms with Crippen LogP contribution in [0.3, 0.4) is 0 Å². The van der Waals surface area contributed by atoms with E-state index in [1.807, 2.05) is 13.8 Å². The Morgan fingerprint density at radius 2 is 1.72 bits per heavy atom. The van der Waals surface area contributed by atoms with Crippen molar-refractivity contribution < 1.29 is 14.4 Å². The van der Waals surface area contributed by atoms with Gasteiger partial charge >= 0.3 is 0 Å². The summed E-state index contributed by atoms with van der Waals surface area (Å²) in [4.78, 5) is 36.2. The van der Waals surface area contributed by atoms with Crippen LogP contribution in [-0.4, -0.2) is 41.8 Å². The molecule has 6 N–H and O–H groups in total. The van der Waals surface area contributed by atoms with Crippen molar-refractivity contribution in [3.63, 3.8) is 0 Å². The fourth-order valence-electron chi connectivity index (χ4n) is 2.09. The average molecular weight is 255 g/mol. The molecule has 1 fully saturated rings. The molecule has 0 aromatic heterocycles. The summed E-state index contributed by atoms with van der Waals surface area (Å²) in [5, 5.41) is 0. The number of likely N-dealkylation sites (tertiary alicyclic amines) is 1. The van der Waals surface area contributed by atoms with E-state index in [2.05, 4.69) is 0 Å². The Morgan fingerprint density at radius 3 is 2.06 bits per heavy atom. The van der Waals surface area contributed by atoms with Crippen LogP contribution in [0.2, 0.25) is 0 Å². The third-order valence-electron chi connectivity index (χ3n) is 3.34. The van der Waals surface area contributed by atoms with E-state index in [4.69, 9.17) is 17.2 Å². The molecule has 1 atom stereocenters. The zero-order valence-electron chi connectivity index (χ0n) is 10.6. The maximum Gasteiger partial charge on any atom is 0.234 e. The lowest BCUT2D eigenvalue weighted by Crippen LogP contribution is -2.62. The molecule has 0 aromatic carbocycles. The quantitative estimate of drug-likeness (QED) is 0.500. The van der Waals surface area contributed by atoms with Crippen LogP contribution in [0.1, 0.15) is 13.8 Å². The summed E-state index contributed by atoms with van der Waals surface area (Å²) in [7, 11) is 0. The molecule has 0 bridgehead atoms. The zero-order valence-corrected chi connectivity index (χ0v) is 10.6. The molecule has 0 aromatic rings. The van der Waals surface area contributed by atoms with Crippen molar-refractivity contribution in [3.05, 3.63) is 6.42 Å². The van der Waals surface area contributed by atoms with Gasteiger partial charge in [0.05, 0.1) is 5.92 Å². The second kappa shape index (κ2) is 4.93. The first-order chi connectivity index (χ1) is 8.20. The van der Waals surface area contributed by atoms with E-state index in [9.17, 15) is 14.4 Å². The van der Waals surface area contributed by atoms with Crippen molar-refractivity contribution in [1.29, 1.82) is 0 Å². The van der Waals surface area contributed by atoms with E-state index in [-0.39, 0.29) is 12.6 Å². The van der Waals surface area contributed by atoms with Crippen LogP contribution in [-0.2, 0) is 14.4 Å². The van der Waals surface area contributed by atoms with Crippen LogP contribution in [0.25, 0.3) is 0 Å². The highest BCUT2D eigenvalue weighted by molar-refractivity contribution is 6.06. The van der Waals surface area contributed by atoms with Crippen LogP contribution >= 0.6 is 0 Å². The van der Waals surface area contributed by atoms with Gasteiger partial charge in [0.2, 0.25) is 17.7 Å². The van der Waals surface area contributed by atoms with Gasteiger partial charge in [-0.25, -0.2) is 0 Å². The first kappa shape index (κ1) is 14.4. The number of piperidine rings is 1. The summed E-state index contributed by atoms with van der Waals surface area (Å²) in [6.45, 7) is 4.21. The fourth-order valence-corrected chi connectivity index (χ4v) is 2.09. The van der Waals surface area contributed by atoms with E-state index in [1.165, 1.54) is 6.42 Å². The Balaban J connectivity index is 3.14. The van der Waals surface area contributed by atoms with Crippen molar-refractivity contribution in [1.82, 2.24) is 4.90 Å². The highest BCUT2D eigenvalue weighted by atomic mass is 16.2. The molecule has 18 heavy (non-hydrogen) atoms. The fraction of sp³-hybridized carbons (Fsp3) is 0.636. The third kappa shape index (κ3) is 2.45. The minimum Gasteiger partial charge on any atom is -0.369 e. The lowest BCUT2D eigenvalue weighted by molar-refractivity contribution is -0.142. The summed E-state index contributed by atoms with van der Waals surface area (Å²) in [5.41, 5.74) is 14.2. The van der Waals surface area contributed by atoms with Gasteiger partial charge in [-0.2, -0.15) is 0 Å². The Labute approximate surface area is 106 Å². The minimum atomic E-state index is -1.64. The number of nitrogens with zero attached hydrogens (tertiary/aromatic N) is 1. The minimum absolute atomic E-state index is 0.0404. The smallest absolute Gasteiger partial charge is 0.234 e. The van der Waals surface area contributed by atoms with Crippen molar-refractivity contribution >= 4 is 17.7 Å². The lowest BCUT2D eigenvalue weighted by Gasteiger charge is -2.43. The predicted molar refractivity (Wildman–Crippen MR) is 64.5 cm³/mol. The van der Waals surface area contributed by atoms with E-state index in [1.54, 1.807) is 4.90 Å². The highest BCUT2D eigenvalue weighted by Gasteiger charge is 2.51. The number of carbonyl (C=O) groups is 3. The molecule has 1 radical (unpaired) electrons.